The number of fused-ring (bicyclic) bond motifs is 3. The number of methoxy groups -OCH3 is 1. The highest BCUT2D eigenvalue weighted by molar-refractivity contribution is 7.89. The molecule has 0 saturated carbocycles. The Labute approximate surface area is 154 Å². The van der Waals surface area contributed by atoms with Gasteiger partial charge in [0.05, 0.1) is 29.1 Å². The van der Waals surface area contributed by atoms with Gasteiger partial charge in [-0.3, -0.25) is 4.79 Å². The average Bonchev–Trinajstić information content (AvgIpc) is 2.96. The second-order valence-corrected chi connectivity index (χ2v) is 7.68. The van der Waals surface area contributed by atoms with E-state index in [1.807, 2.05) is 22.8 Å². The van der Waals surface area contributed by atoms with Gasteiger partial charge in [-0.15, -0.1) is 0 Å². The SMILES string of the molecule is COc1ccc2c(c1)c1c(=O)[nH]ncc1n2Cc1ccc(S(N)(=O)=O)cc1. The van der Waals surface area contributed by atoms with E-state index in [0.717, 1.165) is 16.5 Å². The lowest BCUT2D eigenvalue weighted by Crippen LogP contribution is -2.12. The minimum absolute atomic E-state index is 0.0521. The number of rotatable bonds is 4. The van der Waals surface area contributed by atoms with Crippen molar-refractivity contribution in [2.45, 2.75) is 11.4 Å². The molecule has 0 atom stereocenters. The molecule has 0 fully saturated rings. The van der Waals surface area contributed by atoms with Crippen LogP contribution < -0.4 is 15.4 Å². The van der Waals surface area contributed by atoms with Crippen molar-refractivity contribution in [3.8, 4) is 5.75 Å². The number of nitrogens with two attached hydrogens (primary N) is 1. The lowest BCUT2D eigenvalue weighted by atomic mass is 10.2. The first kappa shape index (κ1) is 17.3. The second-order valence-electron chi connectivity index (χ2n) is 6.12. The predicted molar refractivity (Wildman–Crippen MR) is 101 cm³/mol. The molecule has 8 nitrogen and oxygen atoms in total. The molecular formula is C18H16N4O4S. The molecule has 0 saturated heterocycles. The molecule has 2 heterocycles. The summed E-state index contributed by atoms with van der Waals surface area (Å²) in [5, 5.41) is 12.8. The topological polar surface area (TPSA) is 120 Å². The standard InChI is InChI=1S/C18H16N4O4S/c1-26-12-4-7-15-14(8-12)17-16(9-20-21-18(17)23)22(15)10-11-2-5-13(6-3-11)27(19,24)25/h2-9H,10H2,1H3,(H,21,23)(H2,19,24,25). The van der Waals surface area contributed by atoms with Crippen molar-refractivity contribution in [2.24, 2.45) is 5.14 Å². The van der Waals surface area contributed by atoms with Crippen LogP contribution in [0, 0.1) is 0 Å². The molecule has 2 aromatic heterocycles. The van der Waals surface area contributed by atoms with E-state index in [1.54, 1.807) is 25.4 Å². The van der Waals surface area contributed by atoms with Gasteiger partial charge in [0.15, 0.2) is 0 Å². The highest BCUT2D eigenvalue weighted by Gasteiger charge is 2.15. The van der Waals surface area contributed by atoms with E-state index >= 15 is 0 Å². The van der Waals surface area contributed by atoms with Crippen LogP contribution in [-0.4, -0.2) is 30.3 Å². The van der Waals surface area contributed by atoms with Gasteiger partial charge in [-0.2, -0.15) is 5.10 Å². The predicted octanol–water partition coefficient (Wildman–Crippen LogP) is 1.58. The minimum atomic E-state index is -3.74. The number of primary sulfonamides is 1. The van der Waals surface area contributed by atoms with Crippen LogP contribution >= 0.6 is 0 Å². The van der Waals surface area contributed by atoms with Crippen molar-refractivity contribution in [1.82, 2.24) is 14.8 Å². The Bertz CT molecular complexity index is 1320. The molecule has 9 heteroatoms. The molecule has 4 rings (SSSR count). The molecule has 2 aromatic carbocycles. The third-order valence-electron chi connectivity index (χ3n) is 4.48. The summed E-state index contributed by atoms with van der Waals surface area (Å²) in [6.07, 6.45) is 1.60. The van der Waals surface area contributed by atoms with Gasteiger partial charge >= 0.3 is 0 Å². The zero-order chi connectivity index (χ0) is 19.2. The van der Waals surface area contributed by atoms with Crippen molar-refractivity contribution in [1.29, 1.82) is 0 Å². The van der Waals surface area contributed by atoms with E-state index in [-0.39, 0.29) is 10.5 Å². The van der Waals surface area contributed by atoms with Crippen LogP contribution in [0.4, 0.5) is 0 Å². The fourth-order valence-electron chi connectivity index (χ4n) is 3.20. The number of sulfonamides is 1. The Kier molecular flexibility index (Phi) is 3.97. The minimum Gasteiger partial charge on any atom is -0.497 e. The first-order valence-electron chi connectivity index (χ1n) is 8.04. The number of nitrogens with one attached hydrogen (secondary N) is 1. The highest BCUT2D eigenvalue weighted by atomic mass is 32.2. The lowest BCUT2D eigenvalue weighted by molar-refractivity contribution is 0.415. The Morgan fingerprint density at radius 3 is 2.56 bits per heavy atom. The molecule has 27 heavy (non-hydrogen) atoms. The fourth-order valence-corrected chi connectivity index (χ4v) is 3.71. The molecule has 4 aromatic rings. The summed E-state index contributed by atoms with van der Waals surface area (Å²) >= 11 is 0. The molecule has 0 unspecified atom stereocenters. The van der Waals surface area contributed by atoms with Crippen LogP contribution in [0.2, 0.25) is 0 Å². The zero-order valence-electron chi connectivity index (χ0n) is 14.3. The van der Waals surface area contributed by atoms with Gasteiger partial charge in [0.2, 0.25) is 10.0 Å². The summed E-state index contributed by atoms with van der Waals surface area (Å²) in [6.45, 7) is 0.433. The van der Waals surface area contributed by atoms with Gasteiger partial charge < -0.3 is 9.30 Å². The van der Waals surface area contributed by atoms with Crippen LogP contribution in [0.1, 0.15) is 5.56 Å². The average molecular weight is 384 g/mol. The number of ether oxygens (including phenoxy) is 1. The maximum absolute atomic E-state index is 12.4. The molecular weight excluding hydrogens is 368 g/mol. The zero-order valence-corrected chi connectivity index (χ0v) is 15.2. The van der Waals surface area contributed by atoms with E-state index in [4.69, 9.17) is 9.88 Å². The van der Waals surface area contributed by atoms with Gasteiger partial charge in [-0.25, -0.2) is 18.7 Å². The van der Waals surface area contributed by atoms with E-state index in [1.165, 1.54) is 12.1 Å². The molecule has 3 N–H and O–H groups in total. The maximum Gasteiger partial charge on any atom is 0.274 e. The van der Waals surface area contributed by atoms with E-state index < -0.39 is 10.0 Å². The molecule has 0 radical (unpaired) electrons. The van der Waals surface area contributed by atoms with Crippen LogP contribution in [0.25, 0.3) is 21.8 Å². The van der Waals surface area contributed by atoms with Crippen molar-refractivity contribution in [3.05, 3.63) is 64.6 Å². The monoisotopic (exact) mass is 384 g/mol. The van der Waals surface area contributed by atoms with Crippen LogP contribution in [-0.2, 0) is 16.6 Å². The van der Waals surface area contributed by atoms with Crippen LogP contribution in [0.3, 0.4) is 0 Å². The number of aromatic amines is 1. The first-order valence-corrected chi connectivity index (χ1v) is 9.58. The van der Waals surface area contributed by atoms with E-state index in [2.05, 4.69) is 10.2 Å². The Hall–Kier alpha value is -3.17. The van der Waals surface area contributed by atoms with Gasteiger partial charge in [-0.1, -0.05) is 12.1 Å². The summed E-state index contributed by atoms with van der Waals surface area (Å²) in [5.41, 5.74) is 2.10. The molecule has 0 bridgehead atoms. The van der Waals surface area contributed by atoms with Crippen molar-refractivity contribution < 1.29 is 13.2 Å². The van der Waals surface area contributed by atoms with Gasteiger partial charge in [-0.05, 0) is 35.9 Å². The van der Waals surface area contributed by atoms with E-state index in [9.17, 15) is 13.2 Å². The number of hydrogen-bond acceptors (Lipinski definition) is 5. The molecule has 0 aliphatic heterocycles. The Morgan fingerprint density at radius 2 is 1.89 bits per heavy atom. The quantitative estimate of drug-likeness (QED) is 0.553. The summed E-state index contributed by atoms with van der Waals surface area (Å²) in [7, 11) is -2.17. The molecule has 0 spiro atoms. The third-order valence-corrected chi connectivity index (χ3v) is 5.41. The molecule has 0 amide bonds. The highest BCUT2D eigenvalue weighted by Crippen LogP contribution is 2.30. The number of H-pyrrole nitrogens is 1. The third kappa shape index (κ3) is 2.96. The molecule has 138 valence electrons. The largest absolute Gasteiger partial charge is 0.497 e. The van der Waals surface area contributed by atoms with Gasteiger partial charge in [0.25, 0.3) is 5.56 Å². The second kappa shape index (κ2) is 6.22. The van der Waals surface area contributed by atoms with Crippen molar-refractivity contribution >= 4 is 31.8 Å². The summed E-state index contributed by atoms with van der Waals surface area (Å²) < 4.78 is 30.1. The molecule has 0 aliphatic carbocycles. The smallest absolute Gasteiger partial charge is 0.274 e. The maximum atomic E-state index is 12.4. The summed E-state index contributed by atoms with van der Waals surface area (Å²) in [5.74, 6) is 0.648. The lowest BCUT2D eigenvalue weighted by Gasteiger charge is -2.08. The Balaban J connectivity index is 1.90. The number of nitrogens with zero attached hydrogens (tertiary/aromatic N) is 2. The number of aromatic nitrogens is 3. The number of hydrogen-bond donors (Lipinski definition) is 2. The Morgan fingerprint density at radius 1 is 1.15 bits per heavy atom. The number of benzene rings is 2. The van der Waals surface area contributed by atoms with Crippen molar-refractivity contribution in [2.75, 3.05) is 7.11 Å². The first-order chi connectivity index (χ1) is 12.9. The van der Waals surface area contributed by atoms with Gasteiger partial charge in [0, 0.05) is 17.4 Å². The van der Waals surface area contributed by atoms with Gasteiger partial charge in [0.1, 0.15) is 5.75 Å². The fraction of sp³-hybridized carbons (Fsp3) is 0.111. The van der Waals surface area contributed by atoms with Crippen molar-refractivity contribution in [3.63, 3.8) is 0 Å². The van der Waals surface area contributed by atoms with E-state index in [0.29, 0.717) is 23.2 Å². The summed E-state index contributed by atoms with van der Waals surface area (Å²) in [6, 6.07) is 11.8. The summed E-state index contributed by atoms with van der Waals surface area (Å²) in [4.78, 5) is 12.4. The normalized spacial score (nSPS) is 11.9. The molecule has 0 aliphatic rings. The van der Waals surface area contributed by atoms with Crippen LogP contribution in [0.5, 0.6) is 5.75 Å². The van der Waals surface area contributed by atoms with Crippen LogP contribution in [0.15, 0.2) is 58.4 Å².